The molecule has 0 radical (unpaired) electrons. The summed E-state index contributed by atoms with van der Waals surface area (Å²) in [7, 11) is 0. The van der Waals surface area contributed by atoms with Crippen molar-refractivity contribution in [1.29, 1.82) is 5.26 Å². The van der Waals surface area contributed by atoms with Gasteiger partial charge in [-0.1, -0.05) is 64.6 Å². The summed E-state index contributed by atoms with van der Waals surface area (Å²) in [6.45, 7) is 0.297. The topological polar surface area (TPSA) is 62.1 Å². The minimum Gasteiger partial charge on any atom is -0.487 e. The summed E-state index contributed by atoms with van der Waals surface area (Å²) in [5.74, 6) is -0.115. The van der Waals surface area contributed by atoms with E-state index in [1.807, 2.05) is 18.2 Å². The standard InChI is InChI=1S/C23H14Cl4N2O2/c24-17-3-1-2-15(9-17)13-31-22-7-4-14(10-21(22)27)8-16(12-28)23(30)29-18-5-6-19(25)20(26)11-18/h1-11H,13H2,(H,29,30)/b16-8+. The van der Waals surface area contributed by atoms with Crippen molar-refractivity contribution in [3.8, 4) is 11.8 Å². The van der Waals surface area contributed by atoms with E-state index in [1.165, 1.54) is 12.1 Å². The van der Waals surface area contributed by atoms with Gasteiger partial charge >= 0.3 is 0 Å². The molecule has 3 aromatic rings. The van der Waals surface area contributed by atoms with Gasteiger partial charge in [-0.15, -0.1) is 0 Å². The molecule has 31 heavy (non-hydrogen) atoms. The second-order valence-corrected chi connectivity index (χ2v) is 8.02. The number of hydrogen-bond acceptors (Lipinski definition) is 3. The van der Waals surface area contributed by atoms with E-state index in [2.05, 4.69) is 5.32 Å². The number of nitrogens with one attached hydrogen (secondary N) is 1. The maximum atomic E-state index is 12.4. The summed E-state index contributed by atoms with van der Waals surface area (Å²) in [6.07, 6.45) is 1.43. The first-order valence-electron chi connectivity index (χ1n) is 8.90. The number of carbonyl (C=O) groups is 1. The first kappa shape index (κ1) is 23.0. The fraction of sp³-hybridized carbons (Fsp3) is 0.0435. The van der Waals surface area contributed by atoms with E-state index in [0.29, 0.717) is 43.7 Å². The Hall–Kier alpha value is -2.68. The first-order valence-corrected chi connectivity index (χ1v) is 10.4. The largest absolute Gasteiger partial charge is 0.487 e. The van der Waals surface area contributed by atoms with Crippen molar-refractivity contribution in [2.75, 3.05) is 5.32 Å². The third-order valence-corrected chi connectivity index (χ3v) is 5.36. The number of nitriles is 1. The number of rotatable bonds is 6. The summed E-state index contributed by atoms with van der Waals surface area (Å²) >= 11 is 24.1. The second-order valence-electron chi connectivity index (χ2n) is 6.36. The highest BCUT2D eigenvalue weighted by molar-refractivity contribution is 6.42. The second kappa shape index (κ2) is 10.6. The van der Waals surface area contributed by atoms with Crippen molar-refractivity contribution >= 4 is 64.1 Å². The molecular formula is C23H14Cl4N2O2. The maximum Gasteiger partial charge on any atom is 0.266 e. The molecule has 8 heteroatoms. The van der Waals surface area contributed by atoms with Crippen molar-refractivity contribution in [3.63, 3.8) is 0 Å². The third-order valence-electron chi connectivity index (χ3n) is 4.09. The van der Waals surface area contributed by atoms with Gasteiger partial charge in [-0.25, -0.2) is 0 Å². The molecule has 0 atom stereocenters. The van der Waals surface area contributed by atoms with E-state index in [-0.39, 0.29) is 5.57 Å². The minimum atomic E-state index is -0.585. The molecule has 156 valence electrons. The van der Waals surface area contributed by atoms with Crippen molar-refractivity contribution in [3.05, 3.63) is 97.5 Å². The quantitative estimate of drug-likeness (QED) is 0.288. The van der Waals surface area contributed by atoms with Crippen LogP contribution in [0.3, 0.4) is 0 Å². The fourth-order valence-electron chi connectivity index (χ4n) is 2.60. The molecule has 1 amide bonds. The number of halogens is 4. The highest BCUT2D eigenvalue weighted by Crippen LogP contribution is 2.28. The molecule has 4 nitrogen and oxygen atoms in total. The van der Waals surface area contributed by atoms with Gasteiger partial charge in [0.1, 0.15) is 24.0 Å². The van der Waals surface area contributed by atoms with Crippen LogP contribution in [0.1, 0.15) is 11.1 Å². The SMILES string of the molecule is N#C/C(=C\c1ccc(OCc2cccc(Cl)c2)c(Cl)c1)C(=O)Nc1ccc(Cl)c(Cl)c1. The van der Waals surface area contributed by atoms with Crippen LogP contribution >= 0.6 is 46.4 Å². The Morgan fingerprint density at radius 3 is 2.45 bits per heavy atom. The highest BCUT2D eigenvalue weighted by Gasteiger charge is 2.11. The van der Waals surface area contributed by atoms with Crippen LogP contribution in [0.2, 0.25) is 20.1 Å². The molecule has 3 aromatic carbocycles. The number of nitrogens with zero attached hydrogens (tertiary/aromatic N) is 1. The zero-order valence-corrected chi connectivity index (χ0v) is 18.9. The Morgan fingerprint density at radius 1 is 0.968 bits per heavy atom. The van der Waals surface area contributed by atoms with Crippen LogP contribution in [0.25, 0.3) is 6.08 Å². The van der Waals surface area contributed by atoms with Crippen LogP contribution in [-0.4, -0.2) is 5.91 Å². The molecular weight excluding hydrogens is 478 g/mol. The molecule has 0 aromatic heterocycles. The Kier molecular flexibility index (Phi) is 7.84. The Labute approximate surface area is 199 Å². The molecule has 0 unspecified atom stereocenters. The predicted molar refractivity (Wildman–Crippen MR) is 126 cm³/mol. The number of ether oxygens (including phenoxy) is 1. The van der Waals surface area contributed by atoms with Crippen LogP contribution in [0.5, 0.6) is 5.75 Å². The third kappa shape index (κ3) is 6.40. The summed E-state index contributed by atoms with van der Waals surface area (Å²) in [4.78, 5) is 12.4. The lowest BCUT2D eigenvalue weighted by Crippen LogP contribution is -2.13. The molecule has 0 aliphatic carbocycles. The molecule has 0 saturated carbocycles. The highest BCUT2D eigenvalue weighted by atomic mass is 35.5. The van der Waals surface area contributed by atoms with E-state index in [1.54, 1.807) is 42.5 Å². The van der Waals surface area contributed by atoms with Gasteiger partial charge in [0.25, 0.3) is 5.91 Å². The average molecular weight is 492 g/mol. The molecule has 0 saturated heterocycles. The summed E-state index contributed by atoms with van der Waals surface area (Å²) in [5.41, 5.74) is 1.79. The molecule has 0 aliphatic heterocycles. The zero-order chi connectivity index (χ0) is 22.4. The van der Waals surface area contributed by atoms with Crippen LogP contribution in [0.15, 0.2) is 66.2 Å². The van der Waals surface area contributed by atoms with Gasteiger partial charge in [0.2, 0.25) is 0 Å². The van der Waals surface area contributed by atoms with Crippen molar-refractivity contribution < 1.29 is 9.53 Å². The van der Waals surface area contributed by atoms with Crippen LogP contribution in [-0.2, 0) is 11.4 Å². The lowest BCUT2D eigenvalue weighted by Gasteiger charge is -2.09. The minimum absolute atomic E-state index is 0.102. The van der Waals surface area contributed by atoms with Crippen LogP contribution in [0.4, 0.5) is 5.69 Å². The van der Waals surface area contributed by atoms with E-state index >= 15 is 0 Å². The number of amides is 1. The van der Waals surface area contributed by atoms with Crippen molar-refractivity contribution in [2.24, 2.45) is 0 Å². The molecule has 0 spiro atoms. The lowest BCUT2D eigenvalue weighted by atomic mass is 10.1. The van der Waals surface area contributed by atoms with E-state index in [4.69, 9.17) is 51.1 Å². The smallest absolute Gasteiger partial charge is 0.266 e. The zero-order valence-electron chi connectivity index (χ0n) is 15.8. The predicted octanol–water partition coefficient (Wildman–Crippen LogP) is 7.42. The Morgan fingerprint density at radius 2 is 1.77 bits per heavy atom. The lowest BCUT2D eigenvalue weighted by molar-refractivity contribution is -0.112. The van der Waals surface area contributed by atoms with Gasteiger partial charge in [-0.05, 0) is 59.7 Å². The van der Waals surface area contributed by atoms with Gasteiger partial charge < -0.3 is 10.1 Å². The van der Waals surface area contributed by atoms with E-state index < -0.39 is 5.91 Å². The monoisotopic (exact) mass is 490 g/mol. The number of carbonyl (C=O) groups excluding carboxylic acids is 1. The molecule has 3 rings (SSSR count). The Balaban J connectivity index is 1.71. The van der Waals surface area contributed by atoms with Crippen LogP contribution in [0, 0.1) is 11.3 Å². The molecule has 1 N–H and O–H groups in total. The van der Waals surface area contributed by atoms with Crippen LogP contribution < -0.4 is 10.1 Å². The number of hydrogen-bond donors (Lipinski definition) is 1. The number of benzene rings is 3. The van der Waals surface area contributed by atoms with Gasteiger partial charge in [-0.3, -0.25) is 4.79 Å². The van der Waals surface area contributed by atoms with Crippen molar-refractivity contribution in [2.45, 2.75) is 6.61 Å². The van der Waals surface area contributed by atoms with Gasteiger partial charge in [-0.2, -0.15) is 5.26 Å². The van der Waals surface area contributed by atoms with E-state index in [0.717, 1.165) is 5.56 Å². The number of anilines is 1. The molecule has 0 heterocycles. The summed E-state index contributed by atoms with van der Waals surface area (Å²) < 4.78 is 5.73. The first-order chi connectivity index (χ1) is 14.9. The fourth-order valence-corrected chi connectivity index (χ4v) is 3.35. The normalized spacial score (nSPS) is 11.0. The maximum absolute atomic E-state index is 12.4. The Bertz CT molecular complexity index is 1200. The average Bonchev–Trinajstić information content (AvgIpc) is 2.74. The summed E-state index contributed by atoms with van der Waals surface area (Å²) in [6, 6.07) is 18.8. The molecule has 0 aliphatic rings. The van der Waals surface area contributed by atoms with Gasteiger partial charge in [0, 0.05) is 10.7 Å². The van der Waals surface area contributed by atoms with Gasteiger partial charge in [0.05, 0.1) is 15.1 Å². The molecule has 0 bridgehead atoms. The van der Waals surface area contributed by atoms with Gasteiger partial charge in [0.15, 0.2) is 0 Å². The van der Waals surface area contributed by atoms with E-state index in [9.17, 15) is 10.1 Å². The summed E-state index contributed by atoms with van der Waals surface area (Å²) in [5, 5.41) is 13.6. The van der Waals surface area contributed by atoms with Crippen molar-refractivity contribution in [1.82, 2.24) is 0 Å². The molecule has 0 fully saturated rings.